The van der Waals surface area contributed by atoms with Crippen molar-refractivity contribution in [3.05, 3.63) is 0 Å². The van der Waals surface area contributed by atoms with Crippen LogP contribution in [-0.2, 0) is 9.47 Å². The van der Waals surface area contributed by atoms with Crippen LogP contribution in [0.5, 0.6) is 0 Å². The lowest BCUT2D eigenvalue weighted by Crippen LogP contribution is -2.22. The van der Waals surface area contributed by atoms with E-state index in [1.807, 2.05) is 0 Å². The lowest BCUT2D eigenvalue weighted by atomic mass is 9.84. The van der Waals surface area contributed by atoms with Gasteiger partial charge in [-0.25, -0.2) is 0 Å². The molecule has 21 heavy (non-hydrogen) atoms. The first-order valence-electron chi connectivity index (χ1n) is 8.24. The van der Waals surface area contributed by atoms with Crippen LogP contribution in [-0.4, -0.2) is 30.2 Å². The van der Waals surface area contributed by atoms with Crippen molar-refractivity contribution >= 4 is 0 Å². The standard InChI is InChI=1S/C18H32O3/c1-17(2,12-9-13-18(3,4)19)11-6-8-15-21-16-10-5-7-14-20-16/h16,19H,5-8,10-12,14-15H2,1-4H3. The van der Waals surface area contributed by atoms with Gasteiger partial charge in [-0.2, -0.15) is 0 Å². The number of hydrogen-bond donors (Lipinski definition) is 1. The number of aliphatic hydroxyl groups is 1. The van der Waals surface area contributed by atoms with Crippen molar-refractivity contribution in [1.29, 1.82) is 0 Å². The number of unbranched alkanes of at least 4 members (excludes halogenated alkanes) is 1. The molecule has 0 saturated carbocycles. The highest BCUT2D eigenvalue weighted by Crippen LogP contribution is 2.27. The van der Waals surface area contributed by atoms with Crippen LogP contribution in [0.15, 0.2) is 0 Å². The van der Waals surface area contributed by atoms with Gasteiger partial charge in [0, 0.05) is 19.6 Å². The van der Waals surface area contributed by atoms with Gasteiger partial charge in [0.2, 0.25) is 0 Å². The van der Waals surface area contributed by atoms with Crippen LogP contribution in [0.3, 0.4) is 0 Å². The predicted octanol–water partition coefficient (Wildman–Crippen LogP) is 3.89. The van der Waals surface area contributed by atoms with Gasteiger partial charge in [0.05, 0.1) is 0 Å². The number of ether oxygens (including phenoxy) is 2. The molecule has 0 amide bonds. The molecule has 0 aromatic heterocycles. The quantitative estimate of drug-likeness (QED) is 0.572. The highest BCUT2D eigenvalue weighted by molar-refractivity contribution is 5.11. The summed E-state index contributed by atoms with van der Waals surface area (Å²) in [6.45, 7) is 9.54. The third-order valence-electron chi connectivity index (χ3n) is 3.65. The molecule has 0 bridgehead atoms. The fourth-order valence-corrected chi connectivity index (χ4v) is 2.35. The van der Waals surface area contributed by atoms with E-state index >= 15 is 0 Å². The molecular formula is C18H32O3. The second-order valence-electron chi connectivity index (χ2n) is 7.33. The van der Waals surface area contributed by atoms with Gasteiger partial charge in [-0.3, -0.25) is 0 Å². The van der Waals surface area contributed by atoms with Crippen LogP contribution < -0.4 is 0 Å². The largest absolute Gasteiger partial charge is 0.378 e. The molecule has 1 fully saturated rings. The van der Waals surface area contributed by atoms with E-state index < -0.39 is 5.60 Å². The second-order valence-corrected chi connectivity index (χ2v) is 7.33. The first-order chi connectivity index (χ1) is 9.79. The SMILES string of the molecule is CC(C)(O)C#CCC(C)(C)CCCCOC1CCCCO1. The average Bonchev–Trinajstić information content (AvgIpc) is 2.37. The predicted molar refractivity (Wildman–Crippen MR) is 85.9 cm³/mol. The van der Waals surface area contributed by atoms with Gasteiger partial charge < -0.3 is 14.6 Å². The Bertz CT molecular complexity index is 338. The van der Waals surface area contributed by atoms with Crippen LogP contribution >= 0.6 is 0 Å². The molecular weight excluding hydrogens is 264 g/mol. The first kappa shape index (κ1) is 18.5. The Kier molecular flexibility index (Phi) is 7.73. The molecule has 1 saturated heterocycles. The van der Waals surface area contributed by atoms with Gasteiger partial charge in [0.25, 0.3) is 0 Å². The molecule has 1 unspecified atom stereocenters. The van der Waals surface area contributed by atoms with Crippen LogP contribution in [0.25, 0.3) is 0 Å². The Morgan fingerprint density at radius 3 is 2.57 bits per heavy atom. The van der Waals surface area contributed by atoms with Gasteiger partial charge in [-0.1, -0.05) is 32.1 Å². The summed E-state index contributed by atoms with van der Waals surface area (Å²) in [4.78, 5) is 0. The molecule has 1 N–H and O–H groups in total. The van der Waals surface area contributed by atoms with Crippen molar-refractivity contribution in [2.45, 2.75) is 84.5 Å². The number of rotatable bonds is 7. The van der Waals surface area contributed by atoms with Gasteiger partial charge in [0.1, 0.15) is 5.60 Å². The van der Waals surface area contributed by atoms with Crippen molar-refractivity contribution in [2.24, 2.45) is 5.41 Å². The van der Waals surface area contributed by atoms with Crippen molar-refractivity contribution in [3.63, 3.8) is 0 Å². The van der Waals surface area contributed by atoms with Crippen molar-refractivity contribution < 1.29 is 14.6 Å². The molecule has 1 atom stereocenters. The zero-order valence-electron chi connectivity index (χ0n) is 14.2. The van der Waals surface area contributed by atoms with Crippen LogP contribution in [0.1, 0.15) is 72.6 Å². The van der Waals surface area contributed by atoms with E-state index in [1.165, 1.54) is 12.8 Å². The topological polar surface area (TPSA) is 38.7 Å². The minimum absolute atomic E-state index is 0.0319. The molecule has 0 spiro atoms. The van der Waals surface area contributed by atoms with Gasteiger partial charge >= 0.3 is 0 Å². The Labute approximate surface area is 130 Å². The fraction of sp³-hybridized carbons (Fsp3) is 0.889. The summed E-state index contributed by atoms with van der Waals surface area (Å²) in [6.07, 6.45) is 7.62. The van der Waals surface area contributed by atoms with Gasteiger partial charge in [-0.05, 0) is 51.4 Å². The van der Waals surface area contributed by atoms with Gasteiger partial charge in [-0.15, -0.1) is 0 Å². The van der Waals surface area contributed by atoms with Crippen molar-refractivity contribution in [2.75, 3.05) is 13.2 Å². The molecule has 0 aliphatic carbocycles. The third kappa shape index (κ3) is 9.90. The molecule has 1 rings (SSSR count). The van der Waals surface area contributed by atoms with E-state index in [-0.39, 0.29) is 11.7 Å². The van der Waals surface area contributed by atoms with Crippen LogP contribution in [0.4, 0.5) is 0 Å². The molecule has 0 radical (unpaired) electrons. The average molecular weight is 296 g/mol. The maximum absolute atomic E-state index is 9.58. The Morgan fingerprint density at radius 2 is 1.95 bits per heavy atom. The summed E-state index contributed by atoms with van der Waals surface area (Å²) in [7, 11) is 0. The molecule has 1 aliphatic rings. The van der Waals surface area contributed by atoms with E-state index in [4.69, 9.17) is 9.47 Å². The maximum atomic E-state index is 9.58. The molecule has 3 nitrogen and oxygen atoms in total. The molecule has 1 aliphatic heterocycles. The third-order valence-corrected chi connectivity index (χ3v) is 3.65. The second kappa shape index (κ2) is 8.78. The van der Waals surface area contributed by atoms with Crippen LogP contribution in [0.2, 0.25) is 0 Å². The summed E-state index contributed by atoms with van der Waals surface area (Å²) in [6, 6.07) is 0. The Balaban J connectivity index is 2.10. The lowest BCUT2D eigenvalue weighted by molar-refractivity contribution is -0.162. The van der Waals surface area contributed by atoms with E-state index in [9.17, 15) is 5.11 Å². The smallest absolute Gasteiger partial charge is 0.157 e. The zero-order chi connectivity index (χ0) is 15.8. The minimum atomic E-state index is -0.885. The minimum Gasteiger partial charge on any atom is -0.378 e. The Morgan fingerprint density at radius 1 is 1.19 bits per heavy atom. The molecule has 122 valence electrons. The number of hydrogen-bond acceptors (Lipinski definition) is 3. The maximum Gasteiger partial charge on any atom is 0.157 e. The summed E-state index contributed by atoms with van der Waals surface area (Å²) >= 11 is 0. The lowest BCUT2D eigenvalue weighted by Gasteiger charge is -2.24. The van der Waals surface area contributed by atoms with Crippen molar-refractivity contribution in [3.8, 4) is 11.8 Å². The zero-order valence-corrected chi connectivity index (χ0v) is 14.2. The molecule has 0 aromatic carbocycles. The van der Waals surface area contributed by atoms with Crippen LogP contribution in [0, 0.1) is 17.3 Å². The highest BCUT2D eigenvalue weighted by atomic mass is 16.7. The van der Waals surface area contributed by atoms with E-state index in [1.54, 1.807) is 13.8 Å². The molecule has 3 heteroatoms. The van der Waals surface area contributed by atoms with Gasteiger partial charge in [0.15, 0.2) is 6.29 Å². The molecule has 0 aromatic rings. The first-order valence-corrected chi connectivity index (χ1v) is 8.24. The molecule has 1 heterocycles. The summed E-state index contributed by atoms with van der Waals surface area (Å²) in [5.74, 6) is 5.99. The van der Waals surface area contributed by atoms with E-state index in [2.05, 4.69) is 25.7 Å². The monoisotopic (exact) mass is 296 g/mol. The summed E-state index contributed by atoms with van der Waals surface area (Å²) in [5.41, 5.74) is -0.691. The van der Waals surface area contributed by atoms with E-state index in [0.29, 0.717) is 0 Å². The van der Waals surface area contributed by atoms with E-state index in [0.717, 1.165) is 45.3 Å². The summed E-state index contributed by atoms with van der Waals surface area (Å²) in [5, 5.41) is 9.58. The van der Waals surface area contributed by atoms with Crippen molar-refractivity contribution in [1.82, 2.24) is 0 Å². The highest BCUT2D eigenvalue weighted by Gasteiger charge is 2.17. The summed E-state index contributed by atoms with van der Waals surface area (Å²) < 4.78 is 11.3. The fourth-order valence-electron chi connectivity index (χ4n) is 2.35. The Hall–Kier alpha value is -0.560. The normalized spacial score (nSPS) is 20.0.